The zero-order chi connectivity index (χ0) is 22.0. The van der Waals surface area contributed by atoms with Crippen molar-refractivity contribution in [1.82, 2.24) is 9.80 Å². The Morgan fingerprint density at radius 3 is 2.29 bits per heavy atom. The summed E-state index contributed by atoms with van der Waals surface area (Å²) in [6.07, 6.45) is 1.96. The van der Waals surface area contributed by atoms with Gasteiger partial charge in [0.15, 0.2) is 0 Å². The lowest BCUT2D eigenvalue weighted by Crippen LogP contribution is -2.34. The molecule has 0 bridgehead atoms. The van der Waals surface area contributed by atoms with E-state index in [-0.39, 0.29) is 18.4 Å². The summed E-state index contributed by atoms with van der Waals surface area (Å²) >= 11 is 0. The fourth-order valence-electron chi connectivity index (χ4n) is 3.98. The topological polar surface area (TPSA) is 49.9 Å². The van der Waals surface area contributed by atoms with Crippen LogP contribution in [0.2, 0.25) is 0 Å². The van der Waals surface area contributed by atoms with E-state index in [2.05, 4.69) is 13.8 Å². The third-order valence-electron chi connectivity index (χ3n) is 5.58. The number of benzene rings is 2. The largest absolute Gasteiger partial charge is 0.493 e. The predicted molar refractivity (Wildman–Crippen MR) is 116 cm³/mol. The molecule has 0 spiro atoms. The molecule has 2 aromatic rings. The van der Waals surface area contributed by atoms with Gasteiger partial charge in [-0.2, -0.15) is 0 Å². The van der Waals surface area contributed by atoms with E-state index in [0.29, 0.717) is 34.9 Å². The summed E-state index contributed by atoms with van der Waals surface area (Å²) in [5.41, 5.74) is 1.81. The Kier molecular flexibility index (Phi) is 6.07. The number of carbonyl (C=O) groups is 2. The number of imide groups is 1. The van der Waals surface area contributed by atoms with E-state index in [1.54, 1.807) is 18.2 Å². The van der Waals surface area contributed by atoms with Crippen LogP contribution in [0.3, 0.4) is 0 Å². The molecule has 5 nitrogen and oxygen atoms in total. The highest BCUT2D eigenvalue weighted by Crippen LogP contribution is 2.35. The smallest absolute Gasteiger partial charge is 0.278 e. The molecule has 0 saturated carbocycles. The molecular formula is C25H27FN2O3. The monoisotopic (exact) mass is 422 g/mol. The second-order valence-corrected chi connectivity index (χ2v) is 8.43. The molecule has 2 aliphatic rings. The number of hydrogen-bond acceptors (Lipinski definition) is 4. The summed E-state index contributed by atoms with van der Waals surface area (Å²) in [5, 5.41) is 0. The number of rotatable bonds is 7. The normalized spacial score (nSPS) is 16.8. The molecule has 2 aliphatic heterocycles. The quantitative estimate of drug-likeness (QED) is 0.627. The van der Waals surface area contributed by atoms with Crippen LogP contribution in [0, 0.1) is 11.7 Å². The number of hydrogen-bond donors (Lipinski definition) is 0. The zero-order valence-electron chi connectivity index (χ0n) is 17.9. The Labute approximate surface area is 182 Å². The maximum Gasteiger partial charge on any atom is 0.278 e. The first-order valence-electron chi connectivity index (χ1n) is 10.8. The van der Waals surface area contributed by atoms with Gasteiger partial charge in [0, 0.05) is 18.7 Å². The minimum absolute atomic E-state index is 0.0826. The molecule has 0 aromatic heterocycles. The SMILES string of the molecule is CC(C)COc1ccc(C2=C(N3CCCC3)C(=O)N(Cc3ccccc3F)C2=O)cc1. The van der Waals surface area contributed by atoms with Crippen LogP contribution in [-0.4, -0.2) is 41.3 Å². The Morgan fingerprint density at radius 2 is 1.65 bits per heavy atom. The molecule has 2 amide bonds. The van der Waals surface area contributed by atoms with Gasteiger partial charge in [-0.05, 0) is 42.5 Å². The summed E-state index contributed by atoms with van der Waals surface area (Å²) in [7, 11) is 0. The van der Waals surface area contributed by atoms with Gasteiger partial charge in [-0.1, -0.05) is 44.2 Å². The average molecular weight is 423 g/mol. The molecule has 4 rings (SSSR count). The third-order valence-corrected chi connectivity index (χ3v) is 5.58. The van der Waals surface area contributed by atoms with Crippen molar-refractivity contribution in [1.29, 1.82) is 0 Å². The van der Waals surface area contributed by atoms with Crippen molar-refractivity contribution in [2.75, 3.05) is 19.7 Å². The van der Waals surface area contributed by atoms with Crippen LogP contribution >= 0.6 is 0 Å². The van der Waals surface area contributed by atoms with Crippen LogP contribution in [0.4, 0.5) is 4.39 Å². The van der Waals surface area contributed by atoms with E-state index in [9.17, 15) is 14.0 Å². The van der Waals surface area contributed by atoms with Crippen LogP contribution in [0.25, 0.3) is 5.57 Å². The number of amides is 2. The molecule has 162 valence electrons. The molecule has 0 radical (unpaired) electrons. The molecule has 0 aliphatic carbocycles. The highest BCUT2D eigenvalue weighted by molar-refractivity contribution is 6.35. The molecule has 2 heterocycles. The summed E-state index contributed by atoms with van der Waals surface area (Å²) in [6, 6.07) is 13.5. The predicted octanol–water partition coefficient (Wildman–Crippen LogP) is 4.24. The highest BCUT2D eigenvalue weighted by Gasteiger charge is 2.42. The molecule has 1 fully saturated rings. The maximum atomic E-state index is 14.2. The van der Waals surface area contributed by atoms with E-state index in [1.807, 2.05) is 29.2 Å². The van der Waals surface area contributed by atoms with E-state index in [1.165, 1.54) is 6.07 Å². The van der Waals surface area contributed by atoms with Crippen molar-refractivity contribution >= 4 is 17.4 Å². The minimum Gasteiger partial charge on any atom is -0.493 e. The molecule has 0 N–H and O–H groups in total. The lowest BCUT2D eigenvalue weighted by Gasteiger charge is -2.20. The third kappa shape index (κ3) is 4.33. The Balaban J connectivity index is 1.66. The van der Waals surface area contributed by atoms with Gasteiger partial charge in [-0.25, -0.2) is 4.39 Å². The second kappa shape index (κ2) is 8.92. The van der Waals surface area contributed by atoms with Gasteiger partial charge >= 0.3 is 0 Å². The number of likely N-dealkylation sites (tertiary alicyclic amines) is 1. The van der Waals surface area contributed by atoms with Crippen LogP contribution in [0.15, 0.2) is 54.2 Å². The standard InChI is InChI=1S/C25H27FN2O3/c1-17(2)16-31-20-11-9-18(10-12-20)22-23(27-13-5-6-14-27)25(30)28(24(22)29)15-19-7-3-4-8-21(19)26/h3-4,7-12,17H,5-6,13-16H2,1-2H3. The summed E-state index contributed by atoms with van der Waals surface area (Å²) in [4.78, 5) is 29.8. The first-order chi connectivity index (χ1) is 15.0. The number of nitrogens with zero attached hydrogens (tertiary/aromatic N) is 2. The van der Waals surface area contributed by atoms with Gasteiger partial charge < -0.3 is 9.64 Å². The summed E-state index contributed by atoms with van der Waals surface area (Å²) in [5.74, 6) is -0.0342. The molecule has 2 aromatic carbocycles. The van der Waals surface area contributed by atoms with Crippen molar-refractivity contribution in [3.05, 3.63) is 71.2 Å². The highest BCUT2D eigenvalue weighted by atomic mass is 19.1. The van der Waals surface area contributed by atoms with Crippen molar-refractivity contribution < 1.29 is 18.7 Å². The van der Waals surface area contributed by atoms with Crippen molar-refractivity contribution in [2.45, 2.75) is 33.2 Å². The van der Waals surface area contributed by atoms with Crippen LogP contribution in [0.5, 0.6) is 5.75 Å². The van der Waals surface area contributed by atoms with Gasteiger partial charge in [0.25, 0.3) is 11.8 Å². The number of carbonyl (C=O) groups excluding carboxylic acids is 2. The fraction of sp³-hybridized carbons (Fsp3) is 0.360. The van der Waals surface area contributed by atoms with Gasteiger partial charge in [0.1, 0.15) is 17.3 Å². The Morgan fingerprint density at radius 1 is 0.968 bits per heavy atom. The van der Waals surface area contributed by atoms with Crippen molar-refractivity contribution in [3.63, 3.8) is 0 Å². The van der Waals surface area contributed by atoms with Crippen LogP contribution in [-0.2, 0) is 16.1 Å². The second-order valence-electron chi connectivity index (χ2n) is 8.43. The first kappa shape index (κ1) is 21.1. The summed E-state index contributed by atoms with van der Waals surface area (Å²) < 4.78 is 19.9. The minimum atomic E-state index is -0.425. The maximum absolute atomic E-state index is 14.2. The van der Waals surface area contributed by atoms with Crippen molar-refractivity contribution in [2.24, 2.45) is 5.92 Å². The molecule has 6 heteroatoms. The zero-order valence-corrected chi connectivity index (χ0v) is 17.9. The van der Waals surface area contributed by atoms with Gasteiger partial charge in [-0.15, -0.1) is 0 Å². The van der Waals surface area contributed by atoms with E-state index < -0.39 is 5.82 Å². The Hall–Kier alpha value is -3.15. The van der Waals surface area contributed by atoms with Crippen LogP contribution in [0.1, 0.15) is 37.8 Å². The van der Waals surface area contributed by atoms with E-state index >= 15 is 0 Å². The molecular weight excluding hydrogens is 395 g/mol. The number of halogens is 1. The molecule has 31 heavy (non-hydrogen) atoms. The average Bonchev–Trinajstić information content (AvgIpc) is 3.36. The Bertz CT molecular complexity index is 1010. The lowest BCUT2D eigenvalue weighted by atomic mass is 10.0. The van der Waals surface area contributed by atoms with E-state index in [4.69, 9.17) is 4.74 Å². The van der Waals surface area contributed by atoms with Gasteiger partial charge in [0.05, 0.1) is 18.7 Å². The lowest BCUT2D eigenvalue weighted by molar-refractivity contribution is -0.138. The molecule has 0 unspecified atom stereocenters. The van der Waals surface area contributed by atoms with Gasteiger partial charge in [0.2, 0.25) is 0 Å². The van der Waals surface area contributed by atoms with Crippen molar-refractivity contribution in [3.8, 4) is 5.75 Å². The van der Waals surface area contributed by atoms with Gasteiger partial charge in [-0.3, -0.25) is 14.5 Å². The number of ether oxygens (including phenoxy) is 1. The van der Waals surface area contributed by atoms with Crippen LogP contribution < -0.4 is 4.74 Å². The molecule has 0 atom stereocenters. The first-order valence-corrected chi connectivity index (χ1v) is 10.8. The molecule has 1 saturated heterocycles. The fourth-order valence-corrected chi connectivity index (χ4v) is 3.98. The summed E-state index contributed by atoms with van der Waals surface area (Å²) in [6.45, 7) is 6.15. The van der Waals surface area contributed by atoms with E-state index in [0.717, 1.165) is 36.6 Å².